The molecule has 6 rings (SSSR count). The topological polar surface area (TPSA) is 9.86 Å². The predicted molar refractivity (Wildman–Crippen MR) is 122 cm³/mol. The summed E-state index contributed by atoms with van der Waals surface area (Å²) in [7, 11) is 4.47. The molecule has 4 aromatic rings. The third kappa shape index (κ3) is 3.12. The molecule has 0 saturated heterocycles. The van der Waals surface area contributed by atoms with Crippen molar-refractivity contribution in [2.75, 3.05) is 0 Å². The molecule has 2 aliphatic rings. The van der Waals surface area contributed by atoms with Crippen molar-refractivity contribution in [2.24, 2.45) is 14.1 Å². The van der Waals surface area contributed by atoms with Crippen LogP contribution in [0.5, 0.6) is 0 Å². The molecule has 0 fully saturated rings. The van der Waals surface area contributed by atoms with E-state index in [0.717, 1.165) is 0 Å². The summed E-state index contributed by atoms with van der Waals surface area (Å²) in [6, 6.07) is 23.0. The van der Waals surface area contributed by atoms with Crippen molar-refractivity contribution in [3.05, 3.63) is 95.6 Å². The predicted octanol–water partition coefficient (Wildman–Crippen LogP) is 0.0418. The fraction of sp³-hybridized carbons (Fsp3) is 0.222. The van der Waals surface area contributed by atoms with E-state index in [-0.39, 0.29) is 24.8 Å². The van der Waals surface area contributed by atoms with Gasteiger partial charge in [0.15, 0.2) is 0 Å². The van der Waals surface area contributed by atoms with Crippen LogP contribution in [0.25, 0.3) is 22.3 Å². The van der Waals surface area contributed by atoms with Gasteiger partial charge in [0.25, 0.3) is 0 Å². The van der Waals surface area contributed by atoms with Gasteiger partial charge in [-0.25, -0.2) is 0 Å². The maximum atomic E-state index is 2.42. The number of nitrogens with zero attached hydrogens (tertiary/aromatic N) is 2. The molecular weight excluding hydrogens is 514 g/mol. The Bertz CT molecular complexity index is 1260. The third-order valence-electron chi connectivity index (χ3n) is 7.11. The molecule has 0 N–H and O–H groups in total. The van der Waals surface area contributed by atoms with Gasteiger partial charge < -0.3 is 24.8 Å². The number of hydrogen-bond donors (Lipinski definition) is 0. The van der Waals surface area contributed by atoms with Crippen LogP contribution in [0.4, 0.5) is 0 Å². The zero-order valence-electron chi connectivity index (χ0n) is 18.7. The van der Waals surface area contributed by atoms with E-state index >= 15 is 0 Å². The Hall–Kier alpha value is -1.67. The molecule has 0 radical (unpaired) electrons. The zero-order chi connectivity index (χ0) is 20.6. The minimum atomic E-state index is -2.25. The van der Waals surface area contributed by atoms with Crippen molar-refractivity contribution in [3.8, 4) is 22.3 Å². The molecule has 2 heterocycles. The zero-order valence-corrected chi connectivity index (χ0v) is 22.7. The third-order valence-corrected chi connectivity index (χ3v) is 15.9. The number of halogens is 2. The fourth-order valence-corrected chi connectivity index (χ4v) is 15.7. The molecule has 2 nitrogen and oxygen atoms in total. The average molecular weight is 541 g/mol. The van der Waals surface area contributed by atoms with Crippen molar-refractivity contribution < 1.29 is 46.1 Å². The Morgan fingerprint density at radius 2 is 1.03 bits per heavy atom. The standard InChI is InChI=1S/2C12H10N.C3H6.2ClH.Zr/c2*1-13-7-6-11-10-5-3-2-4-9(10)8-12(11)13;1-3-2;;;/h2*2-8H,1H3;1-2H3;2*1H;/q;;;;;+2/p-2. The second-order valence-corrected chi connectivity index (χ2v) is 16.5. The van der Waals surface area contributed by atoms with Crippen molar-refractivity contribution in [3.63, 3.8) is 0 Å². The van der Waals surface area contributed by atoms with Gasteiger partial charge in [0, 0.05) is 0 Å². The van der Waals surface area contributed by atoms with Crippen LogP contribution in [0.2, 0.25) is 0 Å². The quantitative estimate of drug-likeness (QED) is 0.340. The normalized spacial score (nSPS) is 16.6. The fourth-order valence-electron chi connectivity index (χ4n) is 5.91. The molecule has 162 valence electrons. The van der Waals surface area contributed by atoms with E-state index in [4.69, 9.17) is 0 Å². The van der Waals surface area contributed by atoms with Crippen molar-refractivity contribution in [1.29, 1.82) is 0 Å². The molecule has 32 heavy (non-hydrogen) atoms. The summed E-state index contributed by atoms with van der Waals surface area (Å²) >= 11 is -2.25. The van der Waals surface area contributed by atoms with Crippen molar-refractivity contribution in [1.82, 2.24) is 9.13 Å². The first kappa shape index (κ1) is 23.5. The number of benzene rings is 2. The molecule has 2 unspecified atom stereocenters. The summed E-state index contributed by atoms with van der Waals surface area (Å²) in [6.07, 6.45) is 4.52. The number of hydrogen-bond acceptors (Lipinski definition) is 0. The molecule has 0 spiro atoms. The number of aryl methyl sites for hydroxylation is 2. The largest absolute Gasteiger partial charge is 1.00 e. The van der Waals surface area contributed by atoms with Gasteiger partial charge >= 0.3 is 187 Å². The number of rotatable bonds is 2. The first-order valence-corrected chi connectivity index (χ1v) is 14.8. The maximum absolute atomic E-state index is 2.42. The Morgan fingerprint density at radius 3 is 1.44 bits per heavy atom. The Labute approximate surface area is 210 Å². The van der Waals surface area contributed by atoms with E-state index in [1.807, 2.05) is 0 Å². The summed E-state index contributed by atoms with van der Waals surface area (Å²) in [5, 5.41) is 0. The average Bonchev–Trinajstić information content (AvgIpc) is 3.47. The maximum Gasteiger partial charge on any atom is -1.00 e. The molecule has 5 heteroatoms. The smallest absolute Gasteiger partial charge is 1.00 e. The Kier molecular flexibility index (Phi) is 6.31. The van der Waals surface area contributed by atoms with Gasteiger partial charge in [-0.05, 0) is 0 Å². The summed E-state index contributed by atoms with van der Waals surface area (Å²) in [4.78, 5) is 0. The molecule has 2 aromatic carbocycles. The van der Waals surface area contributed by atoms with E-state index in [0.29, 0.717) is 7.25 Å². The van der Waals surface area contributed by atoms with Gasteiger partial charge in [-0.3, -0.25) is 0 Å². The SMILES string of the molecule is C[C](C)=[Zr+2]([CH]1c2ccccc2-c2ccn(C)c21)[CH]1c2ccccc2-c2ccn(C)c21.[Cl-].[Cl-]. The Morgan fingerprint density at radius 1 is 0.625 bits per heavy atom. The molecule has 0 saturated carbocycles. The van der Waals surface area contributed by atoms with E-state index in [1.54, 1.807) is 25.7 Å². The molecule has 2 aliphatic carbocycles. The van der Waals surface area contributed by atoms with Gasteiger partial charge in [0.2, 0.25) is 0 Å². The first-order valence-electron chi connectivity index (χ1n) is 10.7. The molecule has 0 bridgehead atoms. The first-order chi connectivity index (χ1) is 14.6. The number of fused-ring (bicyclic) bond motifs is 6. The van der Waals surface area contributed by atoms with Crippen LogP contribution < -0.4 is 24.8 Å². The van der Waals surface area contributed by atoms with Crippen LogP contribution >= 0.6 is 0 Å². The van der Waals surface area contributed by atoms with Crippen LogP contribution in [-0.4, -0.2) is 12.3 Å². The molecule has 2 aromatic heterocycles. The molecule has 0 aliphatic heterocycles. The van der Waals surface area contributed by atoms with Crippen LogP contribution in [0, 0.1) is 0 Å². The van der Waals surface area contributed by atoms with Gasteiger partial charge in [0.1, 0.15) is 0 Å². The van der Waals surface area contributed by atoms with E-state index in [9.17, 15) is 0 Å². The summed E-state index contributed by atoms with van der Waals surface area (Å²) in [6.45, 7) is 4.84. The summed E-state index contributed by atoms with van der Waals surface area (Å²) in [5.41, 5.74) is 12.0. The van der Waals surface area contributed by atoms with Crippen LogP contribution in [0.1, 0.15) is 43.6 Å². The van der Waals surface area contributed by atoms with Crippen molar-refractivity contribution >= 4 is 3.21 Å². The second kappa shape index (κ2) is 8.60. The van der Waals surface area contributed by atoms with Gasteiger partial charge in [-0.2, -0.15) is 0 Å². The van der Waals surface area contributed by atoms with Gasteiger partial charge in [-0.1, -0.05) is 0 Å². The van der Waals surface area contributed by atoms with Crippen molar-refractivity contribution in [2.45, 2.75) is 21.1 Å². The van der Waals surface area contributed by atoms with Gasteiger partial charge in [-0.15, -0.1) is 0 Å². The van der Waals surface area contributed by atoms with Crippen LogP contribution in [0.3, 0.4) is 0 Å². The second-order valence-electron chi connectivity index (χ2n) is 8.95. The monoisotopic (exact) mass is 538 g/mol. The summed E-state index contributed by atoms with van der Waals surface area (Å²) in [5.74, 6) is 0. The molecule has 0 amide bonds. The number of aromatic nitrogens is 2. The van der Waals surface area contributed by atoms with Crippen LogP contribution in [-0.2, 0) is 35.4 Å². The minimum Gasteiger partial charge on any atom is -1.00 e. The summed E-state index contributed by atoms with van der Waals surface area (Å²) < 4.78 is 7.61. The van der Waals surface area contributed by atoms with E-state index < -0.39 is 21.3 Å². The Balaban J connectivity index is 0.00000122. The van der Waals surface area contributed by atoms with E-state index in [2.05, 4.69) is 110 Å². The van der Waals surface area contributed by atoms with Crippen LogP contribution in [0.15, 0.2) is 73.1 Å². The van der Waals surface area contributed by atoms with Gasteiger partial charge in [0.05, 0.1) is 0 Å². The molecular formula is C27H26Cl2N2Zr. The van der Waals surface area contributed by atoms with E-state index in [1.165, 1.54) is 22.3 Å². The minimum absolute atomic E-state index is 0. The molecule has 2 atom stereocenters.